The molecule has 0 aliphatic carbocycles. The summed E-state index contributed by atoms with van der Waals surface area (Å²) in [6.45, 7) is 3.38. The Morgan fingerprint density at radius 1 is 1.13 bits per heavy atom. The number of ether oxygens (including phenoxy) is 4. The summed E-state index contributed by atoms with van der Waals surface area (Å²) in [5, 5.41) is 20.3. The number of carbonyl (C=O) groups is 2. The van der Waals surface area contributed by atoms with Crippen LogP contribution in [0.3, 0.4) is 0 Å². The van der Waals surface area contributed by atoms with E-state index in [-0.39, 0.29) is 29.6 Å². The minimum absolute atomic E-state index is 0.0797. The fraction of sp³-hybridized carbons (Fsp3) is 0.258. The second kappa shape index (κ2) is 15.5. The van der Waals surface area contributed by atoms with Gasteiger partial charge in [-0.3, -0.25) is 5.43 Å². The number of benzene rings is 3. The van der Waals surface area contributed by atoms with Crippen molar-refractivity contribution in [2.45, 2.75) is 32.7 Å². The van der Waals surface area contributed by atoms with Crippen molar-refractivity contribution in [3.8, 4) is 17.2 Å². The molecule has 238 valence electrons. The average molecular weight is 662 g/mol. The van der Waals surface area contributed by atoms with Crippen LogP contribution in [0.2, 0.25) is 10.0 Å². The first-order valence-corrected chi connectivity index (χ1v) is 14.4. The van der Waals surface area contributed by atoms with E-state index >= 15 is 0 Å². The third-order valence-corrected chi connectivity index (χ3v) is 6.97. The quantitative estimate of drug-likeness (QED) is 0.0846. The third kappa shape index (κ3) is 8.56. The van der Waals surface area contributed by atoms with Crippen molar-refractivity contribution < 1.29 is 38.0 Å². The maximum absolute atomic E-state index is 14.0. The highest BCUT2D eigenvalue weighted by atomic mass is 35.5. The molecule has 0 saturated carbocycles. The zero-order valence-electron chi connectivity index (χ0n) is 24.5. The molecule has 11 nitrogen and oxygen atoms in total. The molecule has 0 aromatic heterocycles. The number of hydrogen-bond acceptors (Lipinski definition) is 9. The highest BCUT2D eigenvalue weighted by molar-refractivity contribution is 6.36. The predicted molar refractivity (Wildman–Crippen MR) is 166 cm³/mol. The molecule has 3 aromatic carbocycles. The van der Waals surface area contributed by atoms with Crippen molar-refractivity contribution in [1.82, 2.24) is 16.1 Å². The number of aliphatic hydroxyl groups is 1. The fourth-order valence-corrected chi connectivity index (χ4v) is 4.97. The zero-order chi connectivity index (χ0) is 32.5. The van der Waals surface area contributed by atoms with Crippen LogP contribution < -0.4 is 30.3 Å². The molecule has 2 amide bonds. The zero-order valence-corrected chi connectivity index (χ0v) is 26.0. The van der Waals surface area contributed by atoms with Crippen LogP contribution in [0, 0.1) is 5.82 Å². The molecule has 0 spiro atoms. The van der Waals surface area contributed by atoms with Crippen molar-refractivity contribution in [2.24, 2.45) is 5.10 Å². The molecule has 0 radical (unpaired) electrons. The van der Waals surface area contributed by atoms with Crippen LogP contribution in [0.1, 0.15) is 36.6 Å². The molecular weight excluding hydrogens is 630 g/mol. The van der Waals surface area contributed by atoms with Crippen LogP contribution in [0.25, 0.3) is 0 Å². The van der Waals surface area contributed by atoms with Gasteiger partial charge in [0.2, 0.25) is 0 Å². The molecule has 0 bridgehead atoms. The molecule has 3 aromatic rings. The van der Waals surface area contributed by atoms with Gasteiger partial charge >= 0.3 is 12.0 Å². The highest BCUT2D eigenvalue weighted by Gasteiger charge is 2.32. The number of amides is 2. The summed E-state index contributed by atoms with van der Waals surface area (Å²) in [5.41, 5.74) is 4.44. The SMILES string of the molecule is CCOc1cc([C@@H]2NC(=O)NC(C)=C2C(=O)OC)ccc1OC[C@H](O)N/N=C/c1cc(Cl)cc(Cl)c1OCc1ccccc1F. The van der Waals surface area contributed by atoms with E-state index in [1.54, 1.807) is 56.3 Å². The van der Waals surface area contributed by atoms with Crippen molar-refractivity contribution in [3.63, 3.8) is 0 Å². The van der Waals surface area contributed by atoms with Crippen LogP contribution in [-0.4, -0.2) is 49.9 Å². The van der Waals surface area contributed by atoms with Gasteiger partial charge in [-0.25, -0.2) is 14.0 Å². The number of esters is 1. The van der Waals surface area contributed by atoms with Gasteiger partial charge in [0.25, 0.3) is 0 Å². The van der Waals surface area contributed by atoms with E-state index in [0.717, 1.165) is 0 Å². The summed E-state index contributed by atoms with van der Waals surface area (Å²) in [5.74, 6) is -0.156. The Kier molecular flexibility index (Phi) is 11.5. The predicted octanol–water partition coefficient (Wildman–Crippen LogP) is 5.23. The van der Waals surface area contributed by atoms with Crippen LogP contribution in [0.5, 0.6) is 17.2 Å². The van der Waals surface area contributed by atoms with E-state index in [2.05, 4.69) is 21.2 Å². The lowest BCUT2D eigenvalue weighted by Gasteiger charge is -2.28. The number of urea groups is 1. The van der Waals surface area contributed by atoms with Gasteiger partial charge in [0.15, 0.2) is 17.7 Å². The fourth-order valence-electron chi connectivity index (χ4n) is 4.41. The van der Waals surface area contributed by atoms with E-state index in [1.807, 2.05) is 0 Å². The number of hydrogen-bond donors (Lipinski definition) is 4. The standard InChI is InChI=1S/C31H31Cl2FN4O7/c1-4-43-25-12-18(28-27(30(40)42-3)17(2)36-31(41)37-28)9-10-24(25)44-16-26(39)38-35-14-20-11-21(32)13-22(33)29(20)45-15-19-7-5-6-8-23(19)34/h5-14,26,28,38-39H,4,15-16H2,1-3H3,(H2,36,37,41)/b35-14+/t26-,28-/m0/s1. The van der Waals surface area contributed by atoms with E-state index in [9.17, 15) is 19.1 Å². The number of aliphatic hydroxyl groups excluding tert-OH is 1. The number of methoxy groups -OCH3 is 1. The second-order valence-corrected chi connectivity index (χ2v) is 10.4. The summed E-state index contributed by atoms with van der Waals surface area (Å²) in [7, 11) is 1.26. The molecule has 1 aliphatic heterocycles. The maximum atomic E-state index is 14.0. The molecular formula is C31H31Cl2FN4O7. The van der Waals surface area contributed by atoms with Crippen LogP contribution in [0.4, 0.5) is 9.18 Å². The van der Waals surface area contributed by atoms with Crippen molar-refractivity contribution >= 4 is 41.4 Å². The van der Waals surface area contributed by atoms with E-state index in [4.69, 9.17) is 42.1 Å². The summed E-state index contributed by atoms with van der Waals surface area (Å²) in [4.78, 5) is 24.6. The molecule has 1 heterocycles. The lowest BCUT2D eigenvalue weighted by Crippen LogP contribution is -2.45. The molecule has 4 rings (SSSR count). The molecule has 1 aliphatic rings. The molecule has 0 fully saturated rings. The van der Waals surface area contributed by atoms with Gasteiger partial charge in [-0.1, -0.05) is 47.5 Å². The number of rotatable bonds is 13. The first kappa shape index (κ1) is 33.4. The van der Waals surface area contributed by atoms with Gasteiger partial charge in [0, 0.05) is 21.8 Å². The van der Waals surface area contributed by atoms with Crippen molar-refractivity contribution in [3.05, 3.63) is 98.4 Å². The Labute approximate surface area is 268 Å². The first-order valence-electron chi connectivity index (χ1n) is 13.7. The van der Waals surface area contributed by atoms with E-state index in [0.29, 0.717) is 45.5 Å². The molecule has 2 atom stereocenters. The lowest BCUT2D eigenvalue weighted by atomic mass is 9.95. The summed E-state index contributed by atoms with van der Waals surface area (Å²) in [6, 6.07) is 12.9. The minimum atomic E-state index is -1.26. The van der Waals surface area contributed by atoms with Crippen LogP contribution >= 0.6 is 23.2 Å². The summed E-state index contributed by atoms with van der Waals surface area (Å²) in [6.07, 6.45) is 0.0906. The van der Waals surface area contributed by atoms with Gasteiger partial charge in [-0.05, 0) is 49.7 Å². The largest absolute Gasteiger partial charge is 0.490 e. The van der Waals surface area contributed by atoms with Crippen molar-refractivity contribution in [1.29, 1.82) is 0 Å². The molecule has 4 N–H and O–H groups in total. The first-order chi connectivity index (χ1) is 21.6. The molecule has 0 unspecified atom stereocenters. The number of nitrogens with one attached hydrogen (secondary N) is 3. The minimum Gasteiger partial charge on any atom is -0.490 e. The number of halogens is 3. The third-order valence-electron chi connectivity index (χ3n) is 6.47. The maximum Gasteiger partial charge on any atom is 0.337 e. The second-order valence-electron chi connectivity index (χ2n) is 9.60. The van der Waals surface area contributed by atoms with Gasteiger partial charge < -0.3 is 34.7 Å². The highest BCUT2D eigenvalue weighted by Crippen LogP contribution is 2.35. The number of allylic oxidation sites excluding steroid dienone is 1. The summed E-state index contributed by atoms with van der Waals surface area (Å²) < 4.78 is 36.2. The Morgan fingerprint density at radius 2 is 1.91 bits per heavy atom. The van der Waals surface area contributed by atoms with E-state index < -0.39 is 30.1 Å². The van der Waals surface area contributed by atoms with Gasteiger partial charge in [-0.2, -0.15) is 5.10 Å². The monoisotopic (exact) mass is 660 g/mol. The Balaban J connectivity index is 1.43. The molecule has 14 heteroatoms. The van der Waals surface area contributed by atoms with Gasteiger partial charge in [0.05, 0.1) is 36.6 Å². The number of nitrogens with zero attached hydrogens (tertiary/aromatic N) is 1. The molecule has 0 saturated heterocycles. The smallest absolute Gasteiger partial charge is 0.337 e. The Morgan fingerprint density at radius 3 is 2.64 bits per heavy atom. The number of carbonyl (C=O) groups excluding carboxylic acids is 2. The van der Waals surface area contributed by atoms with Crippen LogP contribution in [0.15, 0.2) is 71.0 Å². The van der Waals surface area contributed by atoms with Crippen molar-refractivity contribution in [2.75, 3.05) is 20.3 Å². The average Bonchev–Trinajstić information content (AvgIpc) is 3.00. The Bertz CT molecular complexity index is 1620. The summed E-state index contributed by atoms with van der Waals surface area (Å²) >= 11 is 12.5. The normalized spacial score (nSPS) is 15.3. The topological polar surface area (TPSA) is 140 Å². The van der Waals surface area contributed by atoms with Gasteiger partial charge in [0.1, 0.15) is 24.8 Å². The Hall–Kier alpha value is -4.52. The van der Waals surface area contributed by atoms with Gasteiger partial charge in [-0.15, -0.1) is 0 Å². The number of hydrazone groups is 1. The van der Waals surface area contributed by atoms with E-state index in [1.165, 1.54) is 25.5 Å². The molecule has 45 heavy (non-hydrogen) atoms. The van der Waals surface area contributed by atoms with Crippen LogP contribution in [-0.2, 0) is 16.1 Å². The lowest BCUT2D eigenvalue weighted by molar-refractivity contribution is -0.136.